The molecule has 0 spiro atoms. The van der Waals surface area contributed by atoms with Crippen LogP contribution in [-0.2, 0) is 5.11 Å². The van der Waals surface area contributed by atoms with E-state index in [-0.39, 0.29) is 17.2 Å². The summed E-state index contributed by atoms with van der Waals surface area (Å²) in [5, 5.41) is 31.2. The van der Waals surface area contributed by atoms with Gasteiger partial charge in [0.25, 0.3) is 0 Å². The quantitative estimate of drug-likeness (QED) is 0.642. The van der Waals surface area contributed by atoms with Crippen LogP contribution in [0, 0.1) is 0 Å². The fourth-order valence-electron chi connectivity index (χ4n) is 1.99. The van der Waals surface area contributed by atoms with Gasteiger partial charge < -0.3 is 5.11 Å². The molecule has 3 aromatic rings. The standard InChI is InChI=1S/C16H11N2O2/c19-14-8-4-3-7-13(14)17-18-16-12-6-2-1-5-11(12)9-10-15(16)20/h1-10,19H. The average Bonchev–Trinajstić information content (AvgIpc) is 2.48. The Morgan fingerprint density at radius 3 is 2.40 bits per heavy atom. The van der Waals surface area contributed by atoms with Gasteiger partial charge in [0.1, 0.15) is 17.1 Å². The first-order chi connectivity index (χ1) is 9.75. The molecule has 0 aliphatic carbocycles. The van der Waals surface area contributed by atoms with Gasteiger partial charge in [-0.3, -0.25) is 5.11 Å². The van der Waals surface area contributed by atoms with E-state index < -0.39 is 0 Å². The first kappa shape index (κ1) is 12.2. The molecule has 3 rings (SSSR count). The third kappa shape index (κ3) is 2.19. The number of fused-ring (bicyclic) bond motifs is 1. The van der Waals surface area contributed by atoms with E-state index in [2.05, 4.69) is 10.2 Å². The number of benzene rings is 3. The lowest BCUT2D eigenvalue weighted by Gasteiger charge is -2.02. The number of phenols is 1. The largest absolute Gasteiger partial charge is 0.506 e. The maximum Gasteiger partial charge on any atom is 0.206 e. The lowest BCUT2D eigenvalue weighted by atomic mass is 10.1. The van der Waals surface area contributed by atoms with Gasteiger partial charge in [0.05, 0.1) is 0 Å². The van der Waals surface area contributed by atoms with Crippen molar-refractivity contribution < 1.29 is 10.2 Å². The zero-order chi connectivity index (χ0) is 13.9. The van der Waals surface area contributed by atoms with Crippen LogP contribution in [0.4, 0.5) is 11.4 Å². The summed E-state index contributed by atoms with van der Waals surface area (Å²) in [5.41, 5.74) is 0.617. The third-order valence-corrected chi connectivity index (χ3v) is 3.00. The molecule has 1 N–H and O–H groups in total. The van der Waals surface area contributed by atoms with E-state index in [0.717, 1.165) is 10.8 Å². The summed E-state index contributed by atoms with van der Waals surface area (Å²) in [6, 6.07) is 17.3. The summed E-state index contributed by atoms with van der Waals surface area (Å²) < 4.78 is 0. The Hall–Kier alpha value is -2.88. The van der Waals surface area contributed by atoms with Crippen molar-refractivity contribution in [1.82, 2.24) is 0 Å². The maximum atomic E-state index is 11.9. The van der Waals surface area contributed by atoms with Crippen LogP contribution >= 0.6 is 0 Å². The van der Waals surface area contributed by atoms with E-state index in [9.17, 15) is 10.2 Å². The number of hydrogen-bond acceptors (Lipinski definition) is 3. The topological polar surface area (TPSA) is 64.8 Å². The minimum atomic E-state index is -0.192. The number of para-hydroxylation sites is 1. The van der Waals surface area contributed by atoms with Gasteiger partial charge in [-0.25, -0.2) is 0 Å². The minimum absolute atomic E-state index is 0.0314. The van der Waals surface area contributed by atoms with Gasteiger partial charge in [-0.15, -0.1) is 10.2 Å². The highest BCUT2D eigenvalue weighted by atomic mass is 16.3. The fraction of sp³-hybridized carbons (Fsp3) is 0. The van der Waals surface area contributed by atoms with Crippen LogP contribution in [0.25, 0.3) is 10.8 Å². The van der Waals surface area contributed by atoms with Crippen LogP contribution in [0.3, 0.4) is 0 Å². The van der Waals surface area contributed by atoms with Crippen LogP contribution in [0.2, 0.25) is 0 Å². The van der Waals surface area contributed by atoms with Crippen molar-refractivity contribution in [3.63, 3.8) is 0 Å². The van der Waals surface area contributed by atoms with Crippen molar-refractivity contribution in [3.8, 4) is 11.5 Å². The molecular weight excluding hydrogens is 252 g/mol. The van der Waals surface area contributed by atoms with Gasteiger partial charge in [-0.05, 0) is 23.6 Å². The Morgan fingerprint density at radius 2 is 1.55 bits per heavy atom. The molecular formula is C16H11N2O2. The Morgan fingerprint density at radius 1 is 0.800 bits per heavy atom. The van der Waals surface area contributed by atoms with Gasteiger partial charge in [-0.2, -0.15) is 0 Å². The Bertz CT molecular complexity index is 797. The highest BCUT2D eigenvalue weighted by Gasteiger charge is 2.07. The van der Waals surface area contributed by atoms with Crippen LogP contribution in [-0.4, -0.2) is 5.11 Å². The van der Waals surface area contributed by atoms with Gasteiger partial charge >= 0.3 is 0 Å². The lowest BCUT2D eigenvalue weighted by Crippen LogP contribution is -1.74. The molecule has 0 aliphatic rings. The smallest absolute Gasteiger partial charge is 0.206 e. The van der Waals surface area contributed by atoms with E-state index in [1.165, 1.54) is 12.1 Å². The molecule has 0 saturated heterocycles. The summed E-state index contributed by atoms with van der Waals surface area (Å²) in [5.74, 6) is -0.160. The maximum absolute atomic E-state index is 11.9. The second-order valence-electron chi connectivity index (χ2n) is 4.32. The molecule has 97 valence electrons. The molecule has 0 atom stereocenters. The Labute approximate surface area is 115 Å². The molecule has 3 aromatic carbocycles. The number of hydrogen-bond donors (Lipinski definition) is 1. The molecule has 0 amide bonds. The molecule has 20 heavy (non-hydrogen) atoms. The van der Waals surface area contributed by atoms with E-state index in [1.807, 2.05) is 24.3 Å². The summed E-state index contributed by atoms with van der Waals surface area (Å²) in [6.07, 6.45) is 0. The highest BCUT2D eigenvalue weighted by molar-refractivity contribution is 5.95. The van der Waals surface area contributed by atoms with E-state index >= 15 is 0 Å². The van der Waals surface area contributed by atoms with Crippen LogP contribution < -0.4 is 0 Å². The molecule has 0 bridgehead atoms. The number of phenolic OH excluding ortho intramolecular Hbond substituents is 1. The monoisotopic (exact) mass is 263 g/mol. The first-order valence-corrected chi connectivity index (χ1v) is 6.14. The van der Waals surface area contributed by atoms with Gasteiger partial charge in [-0.1, -0.05) is 42.5 Å². The SMILES string of the molecule is [O]c1ccc2ccccc2c1N=Nc1ccccc1O. The molecule has 4 heteroatoms. The molecule has 1 radical (unpaired) electrons. The van der Waals surface area contributed by atoms with Crippen molar-refractivity contribution in [2.45, 2.75) is 0 Å². The van der Waals surface area contributed by atoms with E-state index in [4.69, 9.17) is 0 Å². The minimum Gasteiger partial charge on any atom is -0.506 e. The zero-order valence-corrected chi connectivity index (χ0v) is 10.5. The lowest BCUT2D eigenvalue weighted by molar-refractivity contribution is 0.356. The fourth-order valence-corrected chi connectivity index (χ4v) is 1.99. The van der Waals surface area contributed by atoms with Crippen LogP contribution in [0.1, 0.15) is 0 Å². The molecule has 4 nitrogen and oxygen atoms in total. The zero-order valence-electron chi connectivity index (χ0n) is 10.5. The summed E-state index contributed by atoms with van der Waals surface area (Å²) >= 11 is 0. The summed E-state index contributed by atoms with van der Waals surface area (Å²) in [4.78, 5) is 0. The van der Waals surface area contributed by atoms with Crippen molar-refractivity contribution >= 4 is 22.1 Å². The van der Waals surface area contributed by atoms with E-state index in [1.54, 1.807) is 24.3 Å². The first-order valence-electron chi connectivity index (χ1n) is 6.14. The van der Waals surface area contributed by atoms with Crippen molar-refractivity contribution in [3.05, 3.63) is 60.7 Å². The van der Waals surface area contributed by atoms with Crippen molar-refractivity contribution in [2.75, 3.05) is 0 Å². The number of nitrogens with zero attached hydrogens (tertiary/aromatic N) is 2. The van der Waals surface area contributed by atoms with Gasteiger partial charge in [0, 0.05) is 5.39 Å². The second-order valence-corrected chi connectivity index (χ2v) is 4.32. The molecule has 0 saturated carbocycles. The van der Waals surface area contributed by atoms with Gasteiger partial charge in [0.2, 0.25) is 5.75 Å². The molecule has 0 unspecified atom stereocenters. The average molecular weight is 263 g/mol. The normalized spacial score (nSPS) is 11.2. The number of aromatic hydroxyl groups is 1. The van der Waals surface area contributed by atoms with E-state index in [0.29, 0.717) is 5.69 Å². The Kier molecular flexibility index (Phi) is 3.05. The molecule has 0 heterocycles. The second kappa shape index (κ2) is 5.01. The summed E-state index contributed by atoms with van der Waals surface area (Å²) in [7, 11) is 0. The van der Waals surface area contributed by atoms with Crippen LogP contribution in [0.15, 0.2) is 70.9 Å². The number of azo groups is 1. The predicted octanol–water partition coefficient (Wildman–Crippen LogP) is 5.10. The Balaban J connectivity index is 2.11. The summed E-state index contributed by atoms with van der Waals surface area (Å²) in [6.45, 7) is 0. The molecule has 0 aliphatic heterocycles. The van der Waals surface area contributed by atoms with Crippen molar-refractivity contribution in [2.24, 2.45) is 10.2 Å². The molecule has 0 fully saturated rings. The van der Waals surface area contributed by atoms with Crippen molar-refractivity contribution in [1.29, 1.82) is 0 Å². The molecule has 0 aromatic heterocycles. The third-order valence-electron chi connectivity index (χ3n) is 3.00. The number of rotatable bonds is 2. The highest BCUT2D eigenvalue weighted by Crippen LogP contribution is 2.37. The van der Waals surface area contributed by atoms with Crippen LogP contribution in [0.5, 0.6) is 11.5 Å². The van der Waals surface area contributed by atoms with Gasteiger partial charge in [0.15, 0.2) is 0 Å². The predicted molar refractivity (Wildman–Crippen MR) is 76.4 cm³/mol.